The molecule has 8 nitrogen and oxygen atoms in total. The predicted molar refractivity (Wildman–Crippen MR) is 88.8 cm³/mol. The fourth-order valence-corrected chi connectivity index (χ4v) is 4.07. The molecule has 130 valence electrons. The van der Waals surface area contributed by atoms with E-state index in [0.717, 1.165) is 38.5 Å². The molecule has 2 atom stereocenters. The van der Waals surface area contributed by atoms with Crippen molar-refractivity contribution in [3.63, 3.8) is 0 Å². The molecule has 0 unspecified atom stereocenters. The number of nitrogens with zero attached hydrogens (tertiary/aromatic N) is 5. The van der Waals surface area contributed by atoms with Crippen molar-refractivity contribution in [3.05, 3.63) is 28.4 Å². The molecule has 3 saturated heterocycles. The van der Waals surface area contributed by atoms with E-state index in [4.69, 9.17) is 4.74 Å². The first-order valence-corrected chi connectivity index (χ1v) is 8.60. The molecular weight excluding hydrogens is 308 g/mol. The van der Waals surface area contributed by atoms with Gasteiger partial charge in [0.05, 0.1) is 12.3 Å². The van der Waals surface area contributed by atoms with Gasteiger partial charge in [-0.3, -0.25) is 19.7 Å². The van der Waals surface area contributed by atoms with E-state index in [1.807, 2.05) is 0 Å². The predicted octanol–water partition coefficient (Wildman–Crippen LogP) is -0.0398. The van der Waals surface area contributed by atoms with Crippen molar-refractivity contribution in [2.24, 2.45) is 5.92 Å². The maximum absolute atomic E-state index is 12.1. The van der Waals surface area contributed by atoms with Gasteiger partial charge in [-0.15, -0.1) is 0 Å². The minimum atomic E-state index is -0.105. The molecule has 3 fully saturated rings. The van der Waals surface area contributed by atoms with E-state index in [2.05, 4.69) is 24.9 Å². The Kier molecular flexibility index (Phi) is 4.34. The van der Waals surface area contributed by atoms with Crippen LogP contribution < -0.4 is 5.56 Å². The van der Waals surface area contributed by atoms with Crippen molar-refractivity contribution < 1.29 is 4.74 Å². The number of piperidine rings is 1. The van der Waals surface area contributed by atoms with Crippen LogP contribution in [0, 0.1) is 5.92 Å². The second kappa shape index (κ2) is 6.62. The zero-order chi connectivity index (χ0) is 16.5. The average molecular weight is 332 g/mol. The van der Waals surface area contributed by atoms with Gasteiger partial charge in [-0.1, -0.05) is 0 Å². The summed E-state index contributed by atoms with van der Waals surface area (Å²) in [6.45, 7) is 5.76. The molecule has 2 aromatic heterocycles. The van der Waals surface area contributed by atoms with Crippen LogP contribution in [-0.2, 0) is 11.3 Å². The summed E-state index contributed by atoms with van der Waals surface area (Å²) in [5.41, 5.74) is 0.698. The van der Waals surface area contributed by atoms with Crippen LogP contribution in [0.5, 0.6) is 0 Å². The summed E-state index contributed by atoms with van der Waals surface area (Å²) in [6.07, 6.45) is 4.03. The van der Waals surface area contributed by atoms with Gasteiger partial charge < -0.3 is 4.74 Å². The smallest absolute Gasteiger partial charge is 0.274 e. The summed E-state index contributed by atoms with van der Waals surface area (Å²) in [4.78, 5) is 25.7. The second-order valence-electron chi connectivity index (χ2n) is 6.89. The third kappa shape index (κ3) is 3.09. The second-order valence-corrected chi connectivity index (χ2v) is 6.89. The lowest BCUT2D eigenvalue weighted by atomic mass is 9.95. The monoisotopic (exact) mass is 332 g/mol. The molecule has 24 heavy (non-hydrogen) atoms. The summed E-state index contributed by atoms with van der Waals surface area (Å²) in [7, 11) is 1.76. The minimum absolute atomic E-state index is 0.105. The van der Waals surface area contributed by atoms with Gasteiger partial charge >= 0.3 is 0 Å². The van der Waals surface area contributed by atoms with Gasteiger partial charge in [-0.25, -0.2) is 9.97 Å². The number of rotatable bonds is 5. The normalized spacial score (nSPS) is 25.4. The first-order chi connectivity index (χ1) is 11.7. The Balaban J connectivity index is 1.49. The van der Waals surface area contributed by atoms with Crippen molar-refractivity contribution in [2.45, 2.75) is 25.4 Å². The number of ether oxygens (including phenoxy) is 1. The summed E-state index contributed by atoms with van der Waals surface area (Å²) >= 11 is 0. The van der Waals surface area contributed by atoms with E-state index < -0.39 is 0 Å². The maximum atomic E-state index is 12.1. The molecule has 5 heterocycles. The largest absolute Gasteiger partial charge is 0.383 e. The zero-order valence-electron chi connectivity index (χ0n) is 14.0. The van der Waals surface area contributed by atoms with Gasteiger partial charge in [0.15, 0.2) is 0 Å². The fourth-order valence-electron chi connectivity index (χ4n) is 4.07. The third-order valence-electron chi connectivity index (χ3n) is 5.19. The van der Waals surface area contributed by atoms with Crippen molar-refractivity contribution in [1.82, 2.24) is 29.4 Å². The molecule has 0 spiro atoms. The van der Waals surface area contributed by atoms with E-state index >= 15 is 0 Å². The molecule has 3 aliphatic rings. The summed E-state index contributed by atoms with van der Waals surface area (Å²) < 4.78 is 6.61. The summed E-state index contributed by atoms with van der Waals surface area (Å²) in [5.74, 6) is 1.13. The molecule has 0 aromatic carbocycles. The van der Waals surface area contributed by atoms with E-state index in [-0.39, 0.29) is 5.56 Å². The third-order valence-corrected chi connectivity index (χ3v) is 5.19. The lowest BCUT2D eigenvalue weighted by Gasteiger charge is -2.35. The van der Waals surface area contributed by atoms with E-state index in [1.54, 1.807) is 13.2 Å². The molecule has 3 aliphatic heterocycles. The molecule has 0 radical (unpaired) electrons. The summed E-state index contributed by atoms with van der Waals surface area (Å²) in [6, 6.07) is 2.19. The summed E-state index contributed by atoms with van der Waals surface area (Å²) in [5, 5.41) is 2.78. The Bertz CT molecular complexity index is 756. The lowest BCUT2D eigenvalue weighted by Crippen LogP contribution is -2.45. The van der Waals surface area contributed by atoms with Crippen LogP contribution >= 0.6 is 0 Å². The topological polar surface area (TPSA) is 78.8 Å². The maximum Gasteiger partial charge on any atom is 0.274 e. The van der Waals surface area contributed by atoms with Gasteiger partial charge in [0, 0.05) is 51.9 Å². The van der Waals surface area contributed by atoms with E-state index in [9.17, 15) is 4.79 Å². The number of hydrogen-bond acceptors (Lipinski definition) is 6. The van der Waals surface area contributed by atoms with E-state index in [0.29, 0.717) is 24.3 Å². The van der Waals surface area contributed by atoms with Crippen molar-refractivity contribution >= 4 is 5.78 Å². The van der Waals surface area contributed by atoms with Crippen LogP contribution in [0.4, 0.5) is 0 Å². The van der Waals surface area contributed by atoms with Crippen LogP contribution in [-0.4, -0.2) is 75.3 Å². The van der Waals surface area contributed by atoms with Crippen LogP contribution in [0.25, 0.3) is 5.78 Å². The Hall–Kier alpha value is -1.77. The van der Waals surface area contributed by atoms with Crippen LogP contribution in [0.2, 0.25) is 0 Å². The van der Waals surface area contributed by atoms with Crippen molar-refractivity contribution in [1.29, 1.82) is 0 Å². The first kappa shape index (κ1) is 15.7. The number of H-pyrrole nitrogens is 1. The molecule has 1 N–H and O–H groups in total. The fraction of sp³-hybridized carbons (Fsp3) is 0.688. The molecule has 0 saturated carbocycles. The number of nitrogens with one attached hydrogen (secondary N) is 1. The number of aromatic nitrogens is 4. The van der Waals surface area contributed by atoms with Crippen LogP contribution in [0.3, 0.4) is 0 Å². The Labute approximate surface area is 140 Å². The quantitative estimate of drug-likeness (QED) is 0.828. The first-order valence-electron chi connectivity index (χ1n) is 8.60. The van der Waals surface area contributed by atoms with Gasteiger partial charge in [-0.2, -0.15) is 4.52 Å². The standard InChI is InChI=1S/C16H24N6O2/c1-24-5-4-21-8-12-2-3-14(21)10-20(7-12)9-13-6-15(23)22-16(19-13)17-11-18-22/h6,11-12,14H,2-5,7-10H2,1H3,(H,17,18,19)/t12-,14+/m0/s1. The van der Waals surface area contributed by atoms with Crippen molar-refractivity contribution in [3.8, 4) is 0 Å². The highest BCUT2D eigenvalue weighted by Gasteiger charge is 2.34. The molecular formula is C16H24N6O2. The molecule has 5 rings (SSSR count). The van der Waals surface area contributed by atoms with Gasteiger partial charge in [-0.05, 0) is 18.8 Å². The SMILES string of the molecule is COCCN1C[C@H]2CC[C@@H]1CN(Cc1cc(=O)n3[nH]cnc3n1)C2. The Morgan fingerprint density at radius 3 is 3.12 bits per heavy atom. The molecule has 0 aliphatic carbocycles. The van der Waals surface area contributed by atoms with Crippen LogP contribution in [0.1, 0.15) is 18.5 Å². The lowest BCUT2D eigenvalue weighted by molar-refractivity contribution is 0.0867. The molecule has 8 heteroatoms. The van der Waals surface area contributed by atoms with Crippen molar-refractivity contribution in [2.75, 3.05) is 39.9 Å². The number of methoxy groups -OCH3 is 1. The highest BCUT2D eigenvalue weighted by molar-refractivity contribution is 5.26. The number of fused-ring (bicyclic) bond motifs is 5. The number of aromatic amines is 1. The Morgan fingerprint density at radius 1 is 1.33 bits per heavy atom. The van der Waals surface area contributed by atoms with Gasteiger partial charge in [0.2, 0.25) is 0 Å². The zero-order valence-corrected chi connectivity index (χ0v) is 14.0. The molecule has 2 bridgehead atoms. The number of hydrogen-bond donors (Lipinski definition) is 1. The van der Waals surface area contributed by atoms with Gasteiger partial charge in [0.1, 0.15) is 6.33 Å². The molecule has 2 aromatic rings. The highest BCUT2D eigenvalue weighted by Crippen LogP contribution is 2.28. The van der Waals surface area contributed by atoms with Gasteiger partial charge in [0.25, 0.3) is 11.3 Å². The van der Waals surface area contributed by atoms with E-state index in [1.165, 1.54) is 23.7 Å². The highest BCUT2D eigenvalue weighted by atomic mass is 16.5. The molecule has 0 amide bonds. The van der Waals surface area contributed by atoms with Crippen LogP contribution in [0.15, 0.2) is 17.2 Å². The minimum Gasteiger partial charge on any atom is -0.383 e. The Morgan fingerprint density at radius 2 is 2.25 bits per heavy atom. The average Bonchev–Trinajstić information content (AvgIpc) is 2.88.